The average Bonchev–Trinajstić information content (AvgIpc) is 3.15. The Morgan fingerprint density at radius 1 is 0.571 bits per heavy atom. The summed E-state index contributed by atoms with van der Waals surface area (Å²) in [5.74, 6) is -0.331. The van der Waals surface area contributed by atoms with E-state index in [4.69, 9.17) is 18.5 Å². The van der Waals surface area contributed by atoms with Gasteiger partial charge in [0.15, 0.2) is 0 Å². The molecule has 0 rings (SSSR count). The zero-order valence-corrected chi connectivity index (χ0v) is 37.7. The van der Waals surface area contributed by atoms with Crippen molar-refractivity contribution in [3.05, 3.63) is 60.8 Å². The van der Waals surface area contributed by atoms with E-state index >= 15 is 0 Å². The molecule has 9 heteroatoms. The molecule has 8 nitrogen and oxygen atoms in total. The lowest BCUT2D eigenvalue weighted by Crippen LogP contribution is -2.37. The molecule has 0 saturated carbocycles. The Labute approximate surface area is 345 Å². The van der Waals surface area contributed by atoms with Gasteiger partial charge in [0.2, 0.25) is 0 Å². The minimum atomic E-state index is -4.28. The Kier molecular flexibility index (Phi) is 38.7. The molecular weight excluding hydrogens is 721 g/mol. The van der Waals surface area contributed by atoms with Crippen LogP contribution >= 0.6 is 7.82 Å². The van der Waals surface area contributed by atoms with E-state index < -0.39 is 13.9 Å². The highest BCUT2D eigenvalue weighted by Crippen LogP contribution is 2.43. The van der Waals surface area contributed by atoms with E-state index in [1.165, 1.54) is 70.6 Å². The van der Waals surface area contributed by atoms with Gasteiger partial charge in [-0.15, -0.1) is 0 Å². The molecule has 0 spiro atoms. The highest BCUT2D eigenvalue weighted by molar-refractivity contribution is 7.47. The first kappa shape index (κ1) is 54.2. The van der Waals surface area contributed by atoms with Crippen LogP contribution in [0.4, 0.5) is 0 Å². The van der Waals surface area contributed by atoms with Crippen LogP contribution in [-0.4, -0.2) is 75.6 Å². The van der Waals surface area contributed by atoms with Gasteiger partial charge in [-0.1, -0.05) is 152 Å². The first-order valence-electron chi connectivity index (χ1n) is 22.5. The zero-order chi connectivity index (χ0) is 41.3. The minimum absolute atomic E-state index is 0.0806. The Hall–Kier alpha value is -1.80. The molecule has 0 aliphatic rings. The summed E-state index contributed by atoms with van der Waals surface area (Å²) in [4.78, 5) is 22.9. The maximum absolute atomic E-state index is 12.7. The monoisotopic (exact) mass is 809 g/mol. The number of allylic oxidation sites excluding steroid dienone is 10. The fourth-order valence-electron chi connectivity index (χ4n) is 5.83. The molecule has 2 atom stereocenters. The fourth-order valence-corrected chi connectivity index (χ4v) is 6.57. The lowest BCUT2D eigenvalue weighted by Gasteiger charge is -2.24. The van der Waals surface area contributed by atoms with Crippen LogP contribution in [0.1, 0.15) is 174 Å². The van der Waals surface area contributed by atoms with Crippen molar-refractivity contribution in [3.63, 3.8) is 0 Å². The molecule has 0 amide bonds. The summed E-state index contributed by atoms with van der Waals surface area (Å²) >= 11 is 0. The van der Waals surface area contributed by atoms with E-state index in [1.54, 1.807) is 0 Å². The van der Waals surface area contributed by atoms with Gasteiger partial charge in [0.1, 0.15) is 19.3 Å². The van der Waals surface area contributed by atoms with Crippen LogP contribution in [0.3, 0.4) is 0 Å². The van der Waals surface area contributed by atoms with E-state index in [2.05, 4.69) is 74.6 Å². The lowest BCUT2D eigenvalue weighted by atomic mass is 10.1. The second-order valence-electron chi connectivity index (χ2n) is 16.0. The van der Waals surface area contributed by atoms with Crippen molar-refractivity contribution in [1.29, 1.82) is 0 Å². The standard InChI is InChI=1S/C47H86NO7P/c1-6-8-10-12-14-16-18-20-22-24-25-27-29-31-33-35-37-39-42-52-44-46(45-54-56(50,51)53-43-41-48(3,4)5)55-47(49)40-38-36-34-32-30-28-26-23-21-19-17-15-13-11-9-7-2/h8,10,14,16,20,22-23,25-27,46H,6-7,9,11-13,15,17-19,21,24,28-45H2,1-5H3/p+1/b10-8-,16-14-,22-20-,26-23-,27-25-. The number of phosphoric acid groups is 1. The molecule has 0 aromatic carbocycles. The van der Waals surface area contributed by atoms with Crippen molar-refractivity contribution < 1.29 is 37.3 Å². The predicted molar refractivity (Wildman–Crippen MR) is 238 cm³/mol. The summed E-state index contributed by atoms with van der Waals surface area (Å²) in [5, 5.41) is 0. The number of carbonyl (C=O) groups is 1. The van der Waals surface area contributed by atoms with E-state index in [0.717, 1.165) is 83.5 Å². The van der Waals surface area contributed by atoms with E-state index in [1.807, 2.05) is 21.1 Å². The van der Waals surface area contributed by atoms with Gasteiger partial charge in [-0.3, -0.25) is 13.8 Å². The fraction of sp³-hybridized carbons (Fsp3) is 0.766. The van der Waals surface area contributed by atoms with Gasteiger partial charge in [0, 0.05) is 13.0 Å². The molecule has 1 N–H and O–H groups in total. The largest absolute Gasteiger partial charge is 0.472 e. The number of nitrogens with zero attached hydrogens (tertiary/aromatic N) is 1. The number of ether oxygens (including phenoxy) is 2. The van der Waals surface area contributed by atoms with E-state index in [0.29, 0.717) is 24.1 Å². The van der Waals surface area contributed by atoms with Gasteiger partial charge in [-0.2, -0.15) is 0 Å². The van der Waals surface area contributed by atoms with Crippen molar-refractivity contribution in [2.75, 3.05) is 54.1 Å². The molecule has 0 radical (unpaired) electrons. The second-order valence-corrected chi connectivity index (χ2v) is 17.5. The highest BCUT2D eigenvalue weighted by Gasteiger charge is 2.26. The summed E-state index contributed by atoms with van der Waals surface area (Å²) in [6.45, 7) is 5.44. The third-order valence-electron chi connectivity index (χ3n) is 9.31. The van der Waals surface area contributed by atoms with Crippen molar-refractivity contribution in [2.45, 2.75) is 180 Å². The molecule has 56 heavy (non-hydrogen) atoms. The number of phosphoric ester groups is 1. The Balaban J connectivity index is 4.28. The molecule has 0 heterocycles. The van der Waals surface area contributed by atoms with E-state index in [9.17, 15) is 14.3 Å². The highest BCUT2D eigenvalue weighted by atomic mass is 31.2. The molecule has 0 fully saturated rings. The Morgan fingerprint density at radius 3 is 1.57 bits per heavy atom. The summed E-state index contributed by atoms with van der Waals surface area (Å²) in [7, 11) is 1.64. The first-order valence-corrected chi connectivity index (χ1v) is 24.0. The normalized spacial score (nSPS) is 14.3. The zero-order valence-electron chi connectivity index (χ0n) is 36.9. The molecule has 0 aromatic rings. The molecule has 0 aliphatic carbocycles. The molecule has 0 aromatic heterocycles. The van der Waals surface area contributed by atoms with Gasteiger partial charge >= 0.3 is 13.8 Å². The average molecular weight is 809 g/mol. The van der Waals surface area contributed by atoms with Crippen LogP contribution < -0.4 is 0 Å². The number of carbonyl (C=O) groups excluding carboxylic acids is 1. The Bertz CT molecular complexity index is 1080. The third-order valence-corrected chi connectivity index (χ3v) is 10.3. The predicted octanol–water partition coefficient (Wildman–Crippen LogP) is 13.3. The molecular formula is C47H87NO7P+. The maximum Gasteiger partial charge on any atom is 0.472 e. The molecule has 0 bridgehead atoms. The van der Waals surface area contributed by atoms with Crippen molar-refractivity contribution >= 4 is 13.8 Å². The van der Waals surface area contributed by atoms with Crippen molar-refractivity contribution in [3.8, 4) is 0 Å². The number of quaternary nitrogens is 1. The number of hydrogen-bond donors (Lipinski definition) is 1. The van der Waals surface area contributed by atoms with E-state index in [-0.39, 0.29) is 25.8 Å². The van der Waals surface area contributed by atoms with Crippen LogP contribution in [0.2, 0.25) is 0 Å². The Morgan fingerprint density at radius 2 is 1.04 bits per heavy atom. The van der Waals surface area contributed by atoms with Gasteiger partial charge in [0.25, 0.3) is 0 Å². The summed E-state index contributed by atoms with van der Waals surface area (Å²) in [5.41, 5.74) is 0. The van der Waals surface area contributed by atoms with Crippen LogP contribution in [0.5, 0.6) is 0 Å². The van der Waals surface area contributed by atoms with Gasteiger partial charge < -0.3 is 18.9 Å². The number of likely N-dealkylation sites (N-methyl/N-ethyl adjacent to an activating group) is 1. The summed E-state index contributed by atoms with van der Waals surface area (Å²) in [6.07, 6.45) is 49.7. The minimum Gasteiger partial charge on any atom is -0.457 e. The lowest BCUT2D eigenvalue weighted by molar-refractivity contribution is -0.870. The van der Waals surface area contributed by atoms with Gasteiger partial charge in [0.05, 0.1) is 34.4 Å². The van der Waals surface area contributed by atoms with Crippen molar-refractivity contribution in [1.82, 2.24) is 0 Å². The molecule has 0 aliphatic heterocycles. The molecule has 326 valence electrons. The summed E-state index contributed by atoms with van der Waals surface area (Å²) in [6, 6.07) is 0. The van der Waals surface area contributed by atoms with Crippen LogP contribution in [0, 0.1) is 0 Å². The molecule has 2 unspecified atom stereocenters. The van der Waals surface area contributed by atoms with Gasteiger partial charge in [-0.25, -0.2) is 4.57 Å². The van der Waals surface area contributed by atoms with Crippen LogP contribution in [0.15, 0.2) is 60.8 Å². The van der Waals surface area contributed by atoms with Crippen LogP contribution in [-0.2, 0) is 27.9 Å². The number of esters is 1. The first-order chi connectivity index (χ1) is 27.1. The second kappa shape index (κ2) is 40.0. The number of rotatable bonds is 41. The quantitative estimate of drug-likeness (QED) is 0.0216. The SMILES string of the molecule is CC/C=C\C/C=C\C/C=C\C/C=C\CCCCCCCOCC(COP(=O)(O)OCC[N+](C)(C)C)OC(=O)CCCCCCC/C=C\CCCCCCCCC. The third kappa shape index (κ3) is 43.3. The van der Waals surface area contributed by atoms with Crippen LogP contribution in [0.25, 0.3) is 0 Å². The van der Waals surface area contributed by atoms with Crippen molar-refractivity contribution in [2.24, 2.45) is 0 Å². The van der Waals surface area contributed by atoms with Gasteiger partial charge in [-0.05, 0) is 77.0 Å². The smallest absolute Gasteiger partial charge is 0.457 e. The maximum atomic E-state index is 12.7. The number of unbranched alkanes of at least 4 members (excludes halogenated alkanes) is 17. The molecule has 0 saturated heterocycles. The number of hydrogen-bond acceptors (Lipinski definition) is 6. The summed E-state index contributed by atoms with van der Waals surface area (Å²) < 4.78 is 35.0. The topological polar surface area (TPSA) is 91.3 Å².